The predicted octanol–water partition coefficient (Wildman–Crippen LogP) is 2.48. The molecule has 6 nitrogen and oxygen atoms in total. The Labute approximate surface area is 162 Å². The van der Waals surface area contributed by atoms with Crippen molar-refractivity contribution in [3.05, 3.63) is 71.8 Å². The third-order valence-corrected chi connectivity index (χ3v) is 5.18. The van der Waals surface area contributed by atoms with Gasteiger partial charge in [0.1, 0.15) is 5.82 Å². The number of anilines is 1. The number of carbonyl (C=O) groups excluding carboxylic acids is 1. The highest BCUT2D eigenvalue weighted by Gasteiger charge is 2.51. The van der Waals surface area contributed by atoms with Crippen molar-refractivity contribution in [2.75, 3.05) is 19.0 Å². The lowest BCUT2D eigenvalue weighted by atomic mass is 10.0. The summed E-state index contributed by atoms with van der Waals surface area (Å²) in [6.45, 7) is 0.0329. The normalized spacial score (nSPS) is 18.8. The van der Waals surface area contributed by atoms with Crippen molar-refractivity contribution in [2.45, 2.75) is 12.3 Å². The highest BCUT2D eigenvalue weighted by Crippen LogP contribution is 2.42. The van der Waals surface area contributed by atoms with E-state index in [1.54, 1.807) is 68.4 Å². The number of rotatable bonds is 4. The summed E-state index contributed by atoms with van der Waals surface area (Å²) >= 11 is 0. The highest BCUT2D eigenvalue weighted by molar-refractivity contribution is 6.06. The molecule has 1 aliphatic heterocycles. The van der Waals surface area contributed by atoms with E-state index in [2.05, 4.69) is 5.10 Å². The van der Waals surface area contributed by atoms with Crippen molar-refractivity contribution in [3.63, 3.8) is 0 Å². The molecule has 1 unspecified atom stereocenters. The molecule has 0 saturated carbocycles. The molecule has 1 atom stereocenters. The van der Waals surface area contributed by atoms with E-state index >= 15 is 0 Å². The number of para-hydroxylation sites is 1. The van der Waals surface area contributed by atoms with Crippen molar-refractivity contribution in [3.8, 4) is 11.1 Å². The molecule has 0 radical (unpaired) electrons. The largest absolute Gasteiger partial charge is 0.364 e. The Hall–Kier alpha value is -3.03. The molecule has 1 N–H and O–H groups in total. The number of aliphatic hydroxyl groups is 1. The van der Waals surface area contributed by atoms with E-state index < -0.39 is 17.4 Å². The first-order valence-corrected chi connectivity index (χ1v) is 8.91. The van der Waals surface area contributed by atoms with Gasteiger partial charge in [0.2, 0.25) is 5.72 Å². The van der Waals surface area contributed by atoms with Crippen LogP contribution in [0, 0.1) is 5.82 Å². The van der Waals surface area contributed by atoms with Gasteiger partial charge in [0.15, 0.2) is 0 Å². The van der Waals surface area contributed by atoms with E-state index in [4.69, 9.17) is 0 Å². The maximum Gasteiger partial charge on any atom is 0.279 e. The van der Waals surface area contributed by atoms with Gasteiger partial charge in [0.25, 0.3) is 5.91 Å². The fourth-order valence-corrected chi connectivity index (χ4v) is 3.60. The number of halogens is 1. The molecule has 2 heterocycles. The van der Waals surface area contributed by atoms with Crippen LogP contribution in [-0.2, 0) is 24.1 Å². The second-order valence-electron chi connectivity index (χ2n) is 7.18. The van der Waals surface area contributed by atoms with Crippen LogP contribution in [0.5, 0.6) is 0 Å². The summed E-state index contributed by atoms with van der Waals surface area (Å²) in [4.78, 5) is 15.9. The topological polar surface area (TPSA) is 61.6 Å². The van der Waals surface area contributed by atoms with Gasteiger partial charge in [-0.25, -0.2) is 4.39 Å². The zero-order valence-corrected chi connectivity index (χ0v) is 15.9. The molecule has 144 valence electrons. The van der Waals surface area contributed by atoms with Crippen LogP contribution in [0.1, 0.15) is 11.1 Å². The lowest BCUT2D eigenvalue weighted by Gasteiger charge is -2.29. The molecule has 2 aromatic carbocycles. The third-order valence-electron chi connectivity index (χ3n) is 5.18. The summed E-state index contributed by atoms with van der Waals surface area (Å²) in [6, 6.07) is 12.0. The average molecular weight is 380 g/mol. The molecule has 0 fully saturated rings. The first-order chi connectivity index (χ1) is 13.3. The number of hydrogen-bond acceptors (Lipinski definition) is 4. The summed E-state index contributed by atoms with van der Waals surface area (Å²) in [6.07, 6.45) is 3.48. The number of aryl methyl sites for hydroxylation is 1. The van der Waals surface area contributed by atoms with E-state index in [9.17, 15) is 14.3 Å². The summed E-state index contributed by atoms with van der Waals surface area (Å²) in [5.41, 5.74) is 1.23. The van der Waals surface area contributed by atoms with Gasteiger partial charge in [-0.3, -0.25) is 14.4 Å². The monoisotopic (exact) mass is 380 g/mol. The molecular weight excluding hydrogens is 359 g/mol. The first kappa shape index (κ1) is 18.3. The van der Waals surface area contributed by atoms with Crippen molar-refractivity contribution >= 4 is 11.6 Å². The van der Waals surface area contributed by atoms with Gasteiger partial charge in [0.05, 0.1) is 18.4 Å². The molecule has 1 aromatic heterocycles. The Morgan fingerprint density at radius 1 is 1.18 bits per heavy atom. The molecule has 7 heteroatoms. The van der Waals surface area contributed by atoms with Crippen LogP contribution in [0.3, 0.4) is 0 Å². The molecule has 4 rings (SSSR count). The highest BCUT2D eigenvalue weighted by atomic mass is 19.1. The summed E-state index contributed by atoms with van der Waals surface area (Å²) < 4.78 is 16.5. The van der Waals surface area contributed by atoms with Crippen LogP contribution in [0.4, 0.5) is 10.1 Å². The van der Waals surface area contributed by atoms with Crippen LogP contribution in [0.25, 0.3) is 11.1 Å². The molecule has 28 heavy (non-hydrogen) atoms. The summed E-state index contributed by atoms with van der Waals surface area (Å²) in [5, 5.41) is 15.1. The fraction of sp³-hybridized carbons (Fsp3) is 0.238. The zero-order valence-electron chi connectivity index (χ0n) is 15.9. The predicted molar refractivity (Wildman–Crippen MR) is 104 cm³/mol. The number of likely N-dealkylation sites (N-methyl/N-ethyl adjacent to an activating group) is 1. The van der Waals surface area contributed by atoms with Gasteiger partial charge < -0.3 is 10.0 Å². The van der Waals surface area contributed by atoms with E-state index in [1.165, 1.54) is 15.9 Å². The van der Waals surface area contributed by atoms with Crippen LogP contribution < -0.4 is 4.90 Å². The van der Waals surface area contributed by atoms with Gasteiger partial charge in [0, 0.05) is 29.9 Å². The lowest BCUT2D eigenvalue weighted by molar-refractivity contribution is -0.154. The van der Waals surface area contributed by atoms with Crippen LogP contribution in [-0.4, -0.2) is 39.8 Å². The number of fused-ring (bicyclic) bond motifs is 1. The van der Waals surface area contributed by atoms with Gasteiger partial charge in [-0.2, -0.15) is 5.10 Å². The molecule has 0 saturated heterocycles. The Kier molecular flexibility index (Phi) is 4.28. The maximum absolute atomic E-state index is 14.8. The quantitative estimate of drug-likeness (QED) is 0.707. The van der Waals surface area contributed by atoms with Gasteiger partial charge >= 0.3 is 0 Å². The lowest BCUT2D eigenvalue weighted by Crippen LogP contribution is -2.49. The van der Waals surface area contributed by atoms with Gasteiger partial charge in [-0.05, 0) is 31.8 Å². The number of amides is 1. The third kappa shape index (κ3) is 2.71. The minimum absolute atomic E-state index is 0.0329. The Morgan fingerprint density at radius 3 is 2.57 bits per heavy atom. The number of benzene rings is 2. The van der Waals surface area contributed by atoms with Crippen LogP contribution in [0.15, 0.2) is 54.9 Å². The van der Waals surface area contributed by atoms with E-state index in [0.717, 1.165) is 5.56 Å². The van der Waals surface area contributed by atoms with E-state index in [1.807, 2.05) is 6.20 Å². The molecule has 0 bridgehead atoms. The molecule has 1 aliphatic rings. The first-order valence-electron chi connectivity index (χ1n) is 8.91. The molecule has 1 amide bonds. The summed E-state index contributed by atoms with van der Waals surface area (Å²) in [5.74, 6) is -0.902. The number of carbonyl (C=O) groups is 1. The Balaban J connectivity index is 1.69. The molecular formula is C21H21FN4O2. The molecule has 3 aromatic rings. The minimum Gasteiger partial charge on any atom is -0.364 e. The number of hydrogen-bond donors (Lipinski definition) is 1. The zero-order chi connectivity index (χ0) is 20.1. The summed E-state index contributed by atoms with van der Waals surface area (Å²) in [7, 11) is 5.08. The number of nitrogens with zero attached hydrogens (tertiary/aromatic N) is 4. The molecule has 0 spiro atoms. The van der Waals surface area contributed by atoms with Gasteiger partial charge in [-0.1, -0.05) is 30.3 Å². The fourth-order valence-electron chi connectivity index (χ4n) is 3.60. The smallest absolute Gasteiger partial charge is 0.279 e. The van der Waals surface area contributed by atoms with E-state index in [0.29, 0.717) is 22.4 Å². The Morgan fingerprint density at radius 2 is 1.93 bits per heavy atom. The number of aromatic nitrogens is 2. The molecule has 0 aliphatic carbocycles. The van der Waals surface area contributed by atoms with Crippen molar-refractivity contribution in [2.24, 2.45) is 7.05 Å². The van der Waals surface area contributed by atoms with Crippen LogP contribution >= 0.6 is 0 Å². The SMILES string of the molecule is CN(C)C1(O)C(=O)N(Cc2ccc(-c3cnn(C)c3)cc2F)c2ccccc21. The standard InChI is InChI=1S/C21H21FN4O2/c1-24(2)21(28)17-6-4-5-7-19(17)26(20(21)27)13-15-9-8-14(10-18(15)22)16-11-23-25(3)12-16/h4-12,28H,13H2,1-3H3. The second kappa shape index (κ2) is 6.54. The van der Waals surface area contributed by atoms with Crippen molar-refractivity contribution < 1.29 is 14.3 Å². The average Bonchev–Trinajstić information content (AvgIpc) is 3.20. The van der Waals surface area contributed by atoms with Crippen LogP contribution in [0.2, 0.25) is 0 Å². The van der Waals surface area contributed by atoms with Crippen molar-refractivity contribution in [1.29, 1.82) is 0 Å². The maximum atomic E-state index is 14.8. The second-order valence-corrected chi connectivity index (χ2v) is 7.18. The minimum atomic E-state index is -1.76. The van der Waals surface area contributed by atoms with E-state index in [-0.39, 0.29) is 6.54 Å². The Bertz CT molecular complexity index is 1060. The van der Waals surface area contributed by atoms with Gasteiger partial charge in [-0.15, -0.1) is 0 Å². The van der Waals surface area contributed by atoms with Crippen molar-refractivity contribution in [1.82, 2.24) is 14.7 Å².